The Labute approximate surface area is 106 Å². The number of para-hydroxylation sites is 1. The van der Waals surface area contributed by atoms with Crippen LogP contribution in [0.25, 0.3) is 0 Å². The maximum atomic E-state index is 11.3. The number of ether oxygens (including phenoxy) is 2. The van der Waals surface area contributed by atoms with Crippen LogP contribution < -0.4 is 4.74 Å². The van der Waals surface area contributed by atoms with Crippen molar-refractivity contribution in [2.45, 2.75) is 12.8 Å². The van der Waals surface area contributed by atoms with Gasteiger partial charge in [0.2, 0.25) is 0 Å². The highest BCUT2D eigenvalue weighted by Gasteiger charge is 2.16. The second-order valence-corrected chi connectivity index (χ2v) is 3.70. The van der Waals surface area contributed by atoms with Crippen LogP contribution in [0.15, 0.2) is 35.5 Å². The van der Waals surface area contributed by atoms with Gasteiger partial charge in [0.15, 0.2) is 0 Å². The molecule has 0 radical (unpaired) electrons. The summed E-state index contributed by atoms with van der Waals surface area (Å²) in [6.45, 7) is 0.497. The van der Waals surface area contributed by atoms with E-state index in [0.717, 1.165) is 5.75 Å². The number of hydrogen-bond donors (Lipinski definition) is 1. The van der Waals surface area contributed by atoms with Gasteiger partial charge in [-0.15, -0.1) is 5.16 Å². The SMILES string of the molecule is COC(=O)C(/C=N\O)CCCOc1ccccc1. The second-order valence-electron chi connectivity index (χ2n) is 3.70. The Balaban J connectivity index is 2.29. The van der Waals surface area contributed by atoms with Crippen molar-refractivity contribution < 1.29 is 19.5 Å². The lowest BCUT2D eigenvalue weighted by molar-refractivity contribution is -0.143. The van der Waals surface area contributed by atoms with Gasteiger partial charge in [0, 0.05) is 0 Å². The van der Waals surface area contributed by atoms with Crippen LogP contribution >= 0.6 is 0 Å². The summed E-state index contributed by atoms with van der Waals surface area (Å²) in [7, 11) is 1.31. The number of oxime groups is 1. The Hall–Kier alpha value is -2.04. The average molecular weight is 251 g/mol. The number of benzene rings is 1. The van der Waals surface area contributed by atoms with Crippen LogP contribution in [0.5, 0.6) is 5.75 Å². The van der Waals surface area contributed by atoms with Gasteiger partial charge in [-0.05, 0) is 25.0 Å². The van der Waals surface area contributed by atoms with Crippen molar-refractivity contribution in [1.82, 2.24) is 0 Å². The Bertz CT molecular complexity index is 378. The third-order valence-corrected chi connectivity index (χ3v) is 2.42. The molecule has 1 aromatic rings. The first kappa shape index (κ1) is 14.0. The minimum absolute atomic E-state index is 0.410. The second kappa shape index (κ2) is 8.11. The van der Waals surface area contributed by atoms with Crippen molar-refractivity contribution in [3.05, 3.63) is 30.3 Å². The molecule has 0 aliphatic rings. The van der Waals surface area contributed by atoms with E-state index in [4.69, 9.17) is 9.94 Å². The van der Waals surface area contributed by atoms with E-state index >= 15 is 0 Å². The molecular weight excluding hydrogens is 234 g/mol. The van der Waals surface area contributed by atoms with Crippen molar-refractivity contribution in [3.63, 3.8) is 0 Å². The largest absolute Gasteiger partial charge is 0.494 e. The zero-order valence-electron chi connectivity index (χ0n) is 10.3. The van der Waals surface area contributed by atoms with E-state index < -0.39 is 11.9 Å². The van der Waals surface area contributed by atoms with Crippen molar-refractivity contribution in [2.24, 2.45) is 11.1 Å². The zero-order chi connectivity index (χ0) is 13.2. The van der Waals surface area contributed by atoms with Crippen molar-refractivity contribution in [2.75, 3.05) is 13.7 Å². The average Bonchev–Trinajstić information content (AvgIpc) is 2.42. The molecule has 0 aliphatic carbocycles. The molecule has 1 rings (SSSR count). The molecule has 1 atom stereocenters. The summed E-state index contributed by atoms with van der Waals surface area (Å²) in [6, 6.07) is 9.44. The quantitative estimate of drug-likeness (QED) is 0.265. The number of rotatable bonds is 7. The predicted octanol–water partition coefficient (Wildman–Crippen LogP) is 2.09. The number of hydrogen-bond acceptors (Lipinski definition) is 5. The van der Waals surface area contributed by atoms with E-state index in [2.05, 4.69) is 9.89 Å². The number of methoxy groups -OCH3 is 1. The van der Waals surface area contributed by atoms with Crippen LogP contribution in [0, 0.1) is 5.92 Å². The molecule has 0 aliphatic heterocycles. The lowest BCUT2D eigenvalue weighted by atomic mass is 10.1. The molecular formula is C13H17NO4. The fraction of sp³-hybridized carbons (Fsp3) is 0.385. The Kier molecular flexibility index (Phi) is 6.32. The molecule has 0 amide bonds. The van der Waals surface area contributed by atoms with Gasteiger partial charge in [-0.1, -0.05) is 18.2 Å². The molecule has 0 saturated carbocycles. The van der Waals surface area contributed by atoms with E-state index in [1.54, 1.807) is 0 Å². The van der Waals surface area contributed by atoms with E-state index in [0.29, 0.717) is 19.4 Å². The number of nitrogens with zero attached hydrogens (tertiary/aromatic N) is 1. The van der Waals surface area contributed by atoms with Crippen LogP contribution in [0.2, 0.25) is 0 Å². The van der Waals surface area contributed by atoms with Crippen LogP contribution in [-0.4, -0.2) is 31.1 Å². The summed E-state index contributed by atoms with van der Waals surface area (Å²) in [5.41, 5.74) is 0. The highest BCUT2D eigenvalue weighted by atomic mass is 16.5. The van der Waals surface area contributed by atoms with E-state index in [9.17, 15) is 4.79 Å². The molecule has 1 aromatic carbocycles. The van der Waals surface area contributed by atoms with Gasteiger partial charge in [0.25, 0.3) is 0 Å². The topological polar surface area (TPSA) is 68.1 Å². The van der Waals surface area contributed by atoms with Crippen molar-refractivity contribution in [3.8, 4) is 5.75 Å². The van der Waals surface area contributed by atoms with Crippen molar-refractivity contribution in [1.29, 1.82) is 0 Å². The van der Waals surface area contributed by atoms with E-state index in [-0.39, 0.29) is 0 Å². The summed E-state index contributed by atoms with van der Waals surface area (Å²) in [5.74, 6) is -0.144. The summed E-state index contributed by atoms with van der Waals surface area (Å²) in [6.07, 6.45) is 2.36. The summed E-state index contributed by atoms with van der Waals surface area (Å²) in [5, 5.41) is 11.3. The van der Waals surface area contributed by atoms with Crippen LogP contribution in [0.1, 0.15) is 12.8 Å². The Morgan fingerprint density at radius 1 is 1.44 bits per heavy atom. The predicted molar refractivity (Wildman–Crippen MR) is 67.0 cm³/mol. The summed E-state index contributed by atoms with van der Waals surface area (Å²) < 4.78 is 10.1. The first-order valence-electron chi connectivity index (χ1n) is 5.71. The van der Waals surface area contributed by atoms with Gasteiger partial charge in [-0.25, -0.2) is 0 Å². The highest BCUT2D eigenvalue weighted by Crippen LogP contribution is 2.11. The van der Waals surface area contributed by atoms with E-state index in [1.165, 1.54) is 13.3 Å². The van der Waals surface area contributed by atoms with E-state index in [1.807, 2.05) is 30.3 Å². The third-order valence-electron chi connectivity index (χ3n) is 2.42. The smallest absolute Gasteiger partial charge is 0.314 e. The normalized spacial score (nSPS) is 12.3. The first-order valence-corrected chi connectivity index (χ1v) is 5.71. The molecule has 0 heterocycles. The van der Waals surface area contributed by atoms with Gasteiger partial charge >= 0.3 is 5.97 Å². The number of carbonyl (C=O) groups excluding carboxylic acids is 1. The maximum absolute atomic E-state index is 11.3. The van der Waals surface area contributed by atoms with Gasteiger partial charge in [0.1, 0.15) is 5.75 Å². The van der Waals surface area contributed by atoms with Gasteiger partial charge in [0.05, 0.1) is 25.8 Å². The molecule has 0 spiro atoms. The zero-order valence-corrected chi connectivity index (χ0v) is 10.3. The number of carbonyl (C=O) groups is 1. The van der Waals surface area contributed by atoms with Gasteiger partial charge < -0.3 is 14.7 Å². The Morgan fingerprint density at radius 3 is 2.78 bits per heavy atom. The molecule has 0 fully saturated rings. The van der Waals surface area contributed by atoms with Gasteiger partial charge in [-0.3, -0.25) is 4.79 Å². The standard InChI is InChI=1S/C13H17NO4/c1-17-13(15)11(10-14-16)6-5-9-18-12-7-3-2-4-8-12/h2-4,7-8,10-11,16H,5-6,9H2,1H3/b14-10-. The Morgan fingerprint density at radius 2 is 2.17 bits per heavy atom. The lowest BCUT2D eigenvalue weighted by Crippen LogP contribution is -2.18. The first-order chi connectivity index (χ1) is 8.77. The number of esters is 1. The molecule has 18 heavy (non-hydrogen) atoms. The monoisotopic (exact) mass is 251 g/mol. The van der Waals surface area contributed by atoms with Crippen LogP contribution in [-0.2, 0) is 9.53 Å². The molecule has 0 bridgehead atoms. The van der Waals surface area contributed by atoms with Crippen LogP contribution in [0.3, 0.4) is 0 Å². The minimum Gasteiger partial charge on any atom is -0.494 e. The molecule has 0 saturated heterocycles. The fourth-order valence-corrected chi connectivity index (χ4v) is 1.50. The minimum atomic E-state index is -0.528. The van der Waals surface area contributed by atoms with Gasteiger partial charge in [-0.2, -0.15) is 0 Å². The van der Waals surface area contributed by atoms with Crippen molar-refractivity contribution >= 4 is 12.2 Å². The molecule has 1 unspecified atom stereocenters. The van der Waals surface area contributed by atoms with Crippen LogP contribution in [0.4, 0.5) is 0 Å². The summed E-state index contributed by atoms with van der Waals surface area (Å²) in [4.78, 5) is 11.3. The molecule has 98 valence electrons. The lowest BCUT2D eigenvalue weighted by Gasteiger charge is -2.09. The molecule has 5 nitrogen and oxygen atoms in total. The fourth-order valence-electron chi connectivity index (χ4n) is 1.50. The summed E-state index contributed by atoms with van der Waals surface area (Å²) >= 11 is 0. The third kappa shape index (κ3) is 4.86. The molecule has 1 N–H and O–H groups in total. The molecule has 5 heteroatoms. The molecule has 0 aromatic heterocycles. The highest BCUT2D eigenvalue weighted by molar-refractivity contribution is 5.89. The maximum Gasteiger partial charge on any atom is 0.314 e.